The number of ether oxygens (including phenoxy) is 1. The SMILES string of the molecule is C.CI.COc1ccc(Cc2cc3c(=O)n([C@H]4CCCC[C@@H]4O)cnc3c3ccccc23)cn1.Cn1cc(Cc2cc3c(=O)n([C@H]4CCCC[C@@H]4O)cnc3c3ccccc23)ccc1=O.Cn1cc(Cc2cc3c(=O)n([C@H]4CCCC[C@@H]4O)cnc3c3ccccc23)ccc1=O. The molecule has 19 heteroatoms. The van der Waals surface area contributed by atoms with Crippen molar-refractivity contribution in [2.24, 2.45) is 14.1 Å². The van der Waals surface area contributed by atoms with Crippen LogP contribution in [0.5, 0.6) is 5.88 Å². The van der Waals surface area contributed by atoms with E-state index in [1.165, 1.54) is 0 Å². The average Bonchev–Trinajstić information content (AvgIpc) is 0.786. The number of aryl methyl sites for hydroxylation is 2. The van der Waals surface area contributed by atoms with E-state index in [0.29, 0.717) is 70.7 Å². The molecule has 0 saturated heterocycles. The lowest BCUT2D eigenvalue weighted by atomic mass is 9.92. The lowest BCUT2D eigenvalue weighted by molar-refractivity contribution is 0.0733. The van der Waals surface area contributed by atoms with E-state index in [-0.39, 0.29) is 53.3 Å². The molecule has 0 unspecified atom stereocenters. The average molecular weight is 1400 g/mol. The predicted octanol–water partition coefficient (Wildman–Crippen LogP) is 12.3. The molecule has 6 aromatic carbocycles. The number of pyridine rings is 3. The van der Waals surface area contributed by atoms with E-state index in [1.807, 2.05) is 127 Å². The van der Waals surface area contributed by atoms with Gasteiger partial charge in [-0.15, -0.1) is 0 Å². The number of hydrogen-bond acceptors (Lipinski definition) is 13. The number of fused-ring (bicyclic) bond motifs is 9. The molecule has 96 heavy (non-hydrogen) atoms. The summed E-state index contributed by atoms with van der Waals surface area (Å²) in [6.45, 7) is 0. The fourth-order valence-corrected chi connectivity index (χ4v) is 14.3. The summed E-state index contributed by atoms with van der Waals surface area (Å²) < 4.78 is 13.2. The molecule has 0 aliphatic heterocycles. The third kappa shape index (κ3) is 14.1. The zero-order valence-corrected chi connectivity index (χ0v) is 56.0. The van der Waals surface area contributed by atoms with E-state index in [1.54, 1.807) is 81.4 Å². The van der Waals surface area contributed by atoms with E-state index in [4.69, 9.17) is 4.74 Å². The van der Waals surface area contributed by atoms with E-state index < -0.39 is 18.3 Å². The van der Waals surface area contributed by atoms with E-state index in [0.717, 1.165) is 130 Å². The molecule has 6 heterocycles. The first-order valence-corrected chi connectivity index (χ1v) is 34.8. The van der Waals surface area contributed by atoms with Gasteiger partial charge in [0.15, 0.2) is 0 Å². The number of alkyl halides is 1. The van der Waals surface area contributed by atoms with Crippen LogP contribution in [-0.4, -0.2) is 88.4 Å². The number of halogens is 1. The Morgan fingerprint density at radius 3 is 1.03 bits per heavy atom. The molecule has 496 valence electrons. The first-order chi connectivity index (χ1) is 46.2. The molecule has 0 bridgehead atoms. The maximum absolute atomic E-state index is 13.5. The molecule has 12 aromatic rings. The van der Waals surface area contributed by atoms with Gasteiger partial charge in [0.2, 0.25) is 17.0 Å². The number of methoxy groups -OCH3 is 1. The summed E-state index contributed by atoms with van der Waals surface area (Å²) in [6, 6.07) is 39.8. The Bertz CT molecular complexity index is 4910. The summed E-state index contributed by atoms with van der Waals surface area (Å²) in [5.41, 5.74) is 7.80. The van der Waals surface area contributed by atoms with Crippen molar-refractivity contribution in [3.63, 3.8) is 0 Å². The van der Waals surface area contributed by atoms with Crippen molar-refractivity contribution in [3.8, 4) is 5.88 Å². The standard InChI is InChI=1S/3C25H25N3O3.CH3I.CH4/c2*1-27-14-16(10-11-23(27)30)12-17-13-20-24(19-7-3-2-6-18(17)19)26-15-28(25(20)31)21-8-4-5-9-22(21)29;1-31-23-11-10-16(14-26-23)12-17-13-20-24(19-7-3-2-6-18(17)19)27-15-28(25(20)30)21-8-4-5-9-22(21)29;1-2;/h3*2-3,6-7,10-11,13-15,21-22,29H,4-5,8-9,12H2,1H3;1H3;1H4/t3*21-,22-;;/m000../s1. The van der Waals surface area contributed by atoms with Gasteiger partial charge < -0.3 is 29.2 Å². The van der Waals surface area contributed by atoms with Gasteiger partial charge in [0.25, 0.3) is 16.7 Å². The minimum Gasteiger partial charge on any atom is -0.481 e. The smallest absolute Gasteiger partial charge is 0.261 e. The van der Waals surface area contributed by atoms with Crippen LogP contribution >= 0.6 is 22.6 Å². The highest BCUT2D eigenvalue weighted by molar-refractivity contribution is 14.1. The number of aliphatic hydroxyl groups excluding tert-OH is 3. The molecule has 0 amide bonds. The van der Waals surface area contributed by atoms with E-state index in [2.05, 4.69) is 48.6 Å². The van der Waals surface area contributed by atoms with Gasteiger partial charge in [0, 0.05) is 67.0 Å². The molecule has 6 atom stereocenters. The summed E-state index contributed by atoms with van der Waals surface area (Å²) in [5.74, 6) is 0.574. The topological polar surface area (TPSA) is 231 Å². The highest BCUT2D eigenvalue weighted by Gasteiger charge is 2.30. The van der Waals surface area contributed by atoms with Crippen LogP contribution in [0.25, 0.3) is 65.0 Å². The lowest BCUT2D eigenvalue weighted by Gasteiger charge is -2.29. The minimum atomic E-state index is -0.517. The normalized spacial score (nSPS) is 18.6. The molecular formula is C77H82IN9O9. The van der Waals surface area contributed by atoms with Crippen molar-refractivity contribution in [2.75, 3.05) is 12.0 Å². The van der Waals surface area contributed by atoms with Gasteiger partial charge >= 0.3 is 0 Å². The van der Waals surface area contributed by atoms with Crippen molar-refractivity contribution in [1.29, 1.82) is 0 Å². The third-order valence-electron chi connectivity index (χ3n) is 19.3. The fraction of sp³-hybridized carbons (Fsp3) is 0.338. The number of nitrogens with zero attached hydrogens (tertiary/aromatic N) is 9. The highest BCUT2D eigenvalue weighted by Crippen LogP contribution is 2.35. The second-order valence-corrected chi connectivity index (χ2v) is 25.3. The molecule has 3 aliphatic carbocycles. The van der Waals surface area contributed by atoms with Crippen LogP contribution in [0.1, 0.15) is 136 Å². The largest absolute Gasteiger partial charge is 0.481 e. The number of aliphatic hydroxyl groups is 3. The Morgan fingerprint density at radius 2 is 0.729 bits per heavy atom. The summed E-state index contributed by atoms with van der Waals surface area (Å²) in [7, 11) is 5.07. The number of aromatic nitrogens is 9. The van der Waals surface area contributed by atoms with Crippen molar-refractivity contribution in [1.82, 2.24) is 42.8 Å². The second kappa shape index (κ2) is 30.4. The maximum Gasteiger partial charge on any atom is 0.261 e. The van der Waals surface area contributed by atoms with Crippen LogP contribution in [-0.2, 0) is 33.4 Å². The van der Waals surface area contributed by atoms with Crippen LogP contribution in [0, 0.1) is 0 Å². The Kier molecular flexibility index (Phi) is 21.6. The maximum atomic E-state index is 13.5. The van der Waals surface area contributed by atoms with Gasteiger partial charge in [-0.25, -0.2) is 19.9 Å². The van der Waals surface area contributed by atoms with Gasteiger partial charge in [0.05, 0.1) is 95.2 Å². The molecule has 0 spiro atoms. The number of rotatable bonds is 10. The molecule has 15 rings (SSSR count). The van der Waals surface area contributed by atoms with Gasteiger partial charge in [-0.1, -0.05) is 160 Å². The van der Waals surface area contributed by atoms with Crippen LogP contribution in [0.15, 0.2) is 189 Å². The molecule has 3 fully saturated rings. The zero-order chi connectivity index (χ0) is 66.4. The van der Waals surface area contributed by atoms with Crippen LogP contribution < -0.4 is 32.5 Å². The third-order valence-corrected chi connectivity index (χ3v) is 19.3. The molecule has 3 N–H and O–H groups in total. The van der Waals surface area contributed by atoms with Crippen molar-refractivity contribution in [3.05, 3.63) is 250 Å². The van der Waals surface area contributed by atoms with E-state index >= 15 is 0 Å². The molecule has 3 saturated carbocycles. The van der Waals surface area contributed by atoms with Gasteiger partial charge in [0.1, 0.15) is 0 Å². The van der Waals surface area contributed by atoms with Crippen molar-refractivity contribution >= 4 is 87.6 Å². The molecule has 3 aliphatic rings. The Morgan fingerprint density at radius 1 is 0.417 bits per heavy atom. The first-order valence-electron chi connectivity index (χ1n) is 32.7. The van der Waals surface area contributed by atoms with Gasteiger partial charge in [-0.05, 0) is 130 Å². The summed E-state index contributed by atoms with van der Waals surface area (Å²) in [6.07, 6.45) is 21.1. The second-order valence-electron chi connectivity index (χ2n) is 25.3. The Balaban J connectivity index is 0.000000144. The van der Waals surface area contributed by atoms with Crippen LogP contribution in [0.2, 0.25) is 0 Å². The molecule has 6 aromatic heterocycles. The monoisotopic (exact) mass is 1400 g/mol. The van der Waals surface area contributed by atoms with Crippen molar-refractivity contribution < 1.29 is 20.1 Å². The molecule has 18 nitrogen and oxygen atoms in total. The van der Waals surface area contributed by atoms with Gasteiger partial charge in [-0.2, -0.15) is 0 Å². The number of hydrogen-bond donors (Lipinski definition) is 3. The van der Waals surface area contributed by atoms with E-state index in [9.17, 15) is 39.3 Å². The molecule has 0 radical (unpaired) electrons. The molecular weight excluding hydrogens is 1320 g/mol. The van der Waals surface area contributed by atoms with Gasteiger partial charge in [-0.3, -0.25) is 37.7 Å². The lowest BCUT2D eigenvalue weighted by Crippen LogP contribution is -2.34. The zero-order valence-electron chi connectivity index (χ0n) is 53.9. The quantitative estimate of drug-likeness (QED) is 0.0658. The summed E-state index contributed by atoms with van der Waals surface area (Å²) in [5, 5.41) is 39.2. The first kappa shape index (κ1) is 68.4. The van der Waals surface area contributed by atoms with Crippen LogP contribution in [0.3, 0.4) is 0 Å². The predicted molar refractivity (Wildman–Crippen MR) is 390 cm³/mol. The Hall–Kier alpha value is -9.02. The highest BCUT2D eigenvalue weighted by atomic mass is 127. The summed E-state index contributed by atoms with van der Waals surface area (Å²) >= 11 is 2.15. The fourth-order valence-electron chi connectivity index (χ4n) is 14.3. The van der Waals surface area contributed by atoms with Crippen LogP contribution in [0.4, 0.5) is 0 Å². The number of benzene rings is 6. The Labute approximate surface area is 569 Å². The summed E-state index contributed by atoms with van der Waals surface area (Å²) in [4.78, 5) is 84.3. The van der Waals surface area contributed by atoms with Crippen molar-refractivity contribution in [2.45, 2.75) is 140 Å². The minimum absolute atomic E-state index is 0.